The van der Waals surface area contributed by atoms with Crippen LogP contribution in [-0.2, 0) is 14.3 Å². The fraction of sp³-hybridized carbons (Fsp3) is 0.783. The number of ether oxygens (including phenoxy) is 2. The summed E-state index contributed by atoms with van der Waals surface area (Å²) < 4.78 is 12.0. The van der Waals surface area contributed by atoms with Crippen molar-refractivity contribution in [3.05, 3.63) is 24.3 Å². The number of carboxylic acid groups (broad SMARTS) is 1. The molecule has 0 spiro atoms. The highest BCUT2D eigenvalue weighted by atomic mass is 16.7. The molecule has 1 aliphatic carbocycles. The summed E-state index contributed by atoms with van der Waals surface area (Å²) in [7, 11) is 0. The van der Waals surface area contributed by atoms with E-state index in [-0.39, 0.29) is 36.3 Å². The standard InChI is InChI=1S/C23H34O5/c1-23(13-7-4-8-14-23)17(24)12-11-16-15(9-5-2-3-6-10-18(25)26)19-21-22(28-21)20(16)27-19/h2,5,11-12,15-17,19-22,24H,3-4,6-10,13-14H2,1H3,(H,25,26)/b5-2+,12-11+. The molecule has 1 saturated carbocycles. The number of fused-ring (bicyclic) bond motifs is 5. The molecule has 0 aromatic carbocycles. The minimum atomic E-state index is -0.734. The van der Waals surface area contributed by atoms with Crippen LogP contribution in [0.3, 0.4) is 0 Å². The Labute approximate surface area is 167 Å². The molecule has 28 heavy (non-hydrogen) atoms. The zero-order chi connectivity index (χ0) is 19.7. The van der Waals surface area contributed by atoms with Gasteiger partial charge in [0, 0.05) is 18.3 Å². The van der Waals surface area contributed by atoms with Gasteiger partial charge in [-0.3, -0.25) is 4.79 Å². The van der Waals surface area contributed by atoms with Crippen molar-refractivity contribution in [3.8, 4) is 0 Å². The molecule has 4 rings (SSSR count). The van der Waals surface area contributed by atoms with Gasteiger partial charge in [0.25, 0.3) is 0 Å². The smallest absolute Gasteiger partial charge is 0.303 e. The predicted molar refractivity (Wildman–Crippen MR) is 106 cm³/mol. The first-order valence-electron chi connectivity index (χ1n) is 11.0. The van der Waals surface area contributed by atoms with E-state index in [1.54, 1.807) is 0 Å². The topological polar surface area (TPSA) is 79.3 Å². The van der Waals surface area contributed by atoms with Crippen molar-refractivity contribution >= 4 is 5.97 Å². The SMILES string of the molecule is CC1(C(O)/C=C/C2C(C/C=C/CCCC(=O)O)C3OC2C2OC32)CCCCC1. The Morgan fingerprint density at radius 1 is 1.11 bits per heavy atom. The molecule has 0 aromatic rings. The van der Waals surface area contributed by atoms with Crippen LogP contribution >= 0.6 is 0 Å². The third-order valence-electron chi connectivity index (χ3n) is 7.38. The van der Waals surface area contributed by atoms with Gasteiger partial charge >= 0.3 is 5.97 Å². The van der Waals surface area contributed by atoms with Gasteiger partial charge in [-0.2, -0.15) is 0 Å². The minimum absolute atomic E-state index is 0.00534. The van der Waals surface area contributed by atoms with Crippen molar-refractivity contribution in [3.63, 3.8) is 0 Å². The van der Waals surface area contributed by atoms with Crippen LogP contribution in [0.1, 0.15) is 64.7 Å². The van der Waals surface area contributed by atoms with Gasteiger partial charge in [0.2, 0.25) is 0 Å². The first-order valence-corrected chi connectivity index (χ1v) is 11.0. The molecule has 2 N–H and O–H groups in total. The van der Waals surface area contributed by atoms with E-state index in [1.165, 1.54) is 19.3 Å². The monoisotopic (exact) mass is 390 g/mol. The maximum absolute atomic E-state index is 10.8. The second-order valence-corrected chi connectivity index (χ2v) is 9.41. The average Bonchev–Trinajstić information content (AvgIpc) is 3.30. The molecule has 5 heteroatoms. The van der Waals surface area contributed by atoms with Crippen molar-refractivity contribution in [2.75, 3.05) is 0 Å². The van der Waals surface area contributed by atoms with E-state index in [2.05, 4.69) is 25.2 Å². The summed E-state index contributed by atoms with van der Waals surface area (Å²) in [6.45, 7) is 2.22. The summed E-state index contributed by atoms with van der Waals surface area (Å²) in [5.41, 5.74) is 0.00534. The van der Waals surface area contributed by atoms with Crippen LogP contribution in [-0.4, -0.2) is 46.7 Å². The van der Waals surface area contributed by atoms with Crippen molar-refractivity contribution in [1.29, 1.82) is 0 Å². The van der Waals surface area contributed by atoms with Gasteiger partial charge in [0.15, 0.2) is 0 Å². The molecule has 0 aromatic heterocycles. The lowest BCUT2D eigenvalue weighted by Crippen LogP contribution is -2.34. The Balaban J connectivity index is 1.34. The number of aliphatic hydroxyl groups is 1. The molecule has 4 fully saturated rings. The van der Waals surface area contributed by atoms with Gasteiger partial charge in [-0.1, -0.05) is 50.5 Å². The number of rotatable bonds is 9. The number of carboxylic acids is 1. The van der Waals surface area contributed by atoms with Gasteiger partial charge < -0.3 is 19.7 Å². The van der Waals surface area contributed by atoms with Crippen LogP contribution < -0.4 is 0 Å². The van der Waals surface area contributed by atoms with Gasteiger partial charge in [0.05, 0.1) is 18.3 Å². The number of unbranched alkanes of at least 4 members (excludes halogenated alkanes) is 1. The van der Waals surface area contributed by atoms with Crippen molar-refractivity contribution in [2.45, 2.75) is 95.2 Å². The summed E-state index contributed by atoms with van der Waals surface area (Å²) >= 11 is 0. The third kappa shape index (κ3) is 4.07. The molecule has 156 valence electrons. The lowest BCUT2D eigenvalue weighted by Gasteiger charge is -2.37. The molecule has 5 nitrogen and oxygen atoms in total. The zero-order valence-corrected chi connectivity index (χ0v) is 16.8. The molecule has 0 radical (unpaired) electrons. The number of aliphatic carboxylic acids is 1. The molecule has 7 unspecified atom stereocenters. The summed E-state index contributed by atoms with van der Waals surface area (Å²) in [6, 6.07) is 0. The largest absolute Gasteiger partial charge is 0.481 e. The number of carbonyl (C=O) groups is 1. The van der Waals surface area contributed by atoms with E-state index in [0.717, 1.165) is 25.7 Å². The maximum atomic E-state index is 10.8. The molecule has 0 amide bonds. The van der Waals surface area contributed by atoms with Crippen LogP contribution in [0, 0.1) is 17.3 Å². The van der Waals surface area contributed by atoms with E-state index in [0.29, 0.717) is 18.3 Å². The summed E-state index contributed by atoms with van der Waals surface area (Å²) in [4.78, 5) is 10.6. The van der Waals surface area contributed by atoms with Gasteiger partial charge in [-0.05, 0) is 37.5 Å². The van der Waals surface area contributed by atoms with Gasteiger partial charge in [-0.15, -0.1) is 0 Å². The van der Waals surface area contributed by atoms with Crippen LogP contribution in [0.2, 0.25) is 0 Å². The average molecular weight is 391 g/mol. The highest BCUT2D eigenvalue weighted by molar-refractivity contribution is 5.66. The molecule has 4 aliphatic rings. The Morgan fingerprint density at radius 3 is 2.57 bits per heavy atom. The first-order chi connectivity index (χ1) is 13.5. The van der Waals surface area contributed by atoms with E-state index < -0.39 is 12.1 Å². The van der Waals surface area contributed by atoms with Crippen LogP contribution in [0.5, 0.6) is 0 Å². The minimum Gasteiger partial charge on any atom is -0.481 e. The van der Waals surface area contributed by atoms with Crippen molar-refractivity contribution in [1.82, 2.24) is 0 Å². The molecule has 3 heterocycles. The quantitative estimate of drug-likeness (QED) is 0.355. The summed E-state index contributed by atoms with van der Waals surface area (Å²) in [6.07, 6.45) is 17.4. The highest BCUT2D eigenvalue weighted by Crippen LogP contribution is 2.55. The fourth-order valence-corrected chi connectivity index (χ4v) is 5.53. The predicted octanol–water partition coefficient (Wildman–Crippen LogP) is 3.86. The number of hydrogen-bond acceptors (Lipinski definition) is 4. The van der Waals surface area contributed by atoms with Crippen LogP contribution in [0.25, 0.3) is 0 Å². The summed E-state index contributed by atoms with van der Waals surface area (Å²) in [5, 5.41) is 19.5. The van der Waals surface area contributed by atoms with E-state index >= 15 is 0 Å². The summed E-state index contributed by atoms with van der Waals surface area (Å²) in [5.74, 6) is -0.0615. The van der Waals surface area contributed by atoms with E-state index in [9.17, 15) is 9.90 Å². The van der Waals surface area contributed by atoms with Gasteiger partial charge in [-0.25, -0.2) is 0 Å². The Kier molecular flexibility index (Phi) is 5.96. The molecule has 3 aliphatic heterocycles. The third-order valence-corrected chi connectivity index (χ3v) is 7.38. The van der Waals surface area contributed by atoms with Crippen LogP contribution in [0.15, 0.2) is 24.3 Å². The van der Waals surface area contributed by atoms with E-state index in [1.807, 2.05) is 6.08 Å². The van der Waals surface area contributed by atoms with Crippen molar-refractivity contribution < 1.29 is 24.5 Å². The Hall–Kier alpha value is -1.17. The van der Waals surface area contributed by atoms with Crippen molar-refractivity contribution in [2.24, 2.45) is 17.3 Å². The number of epoxide rings is 1. The maximum Gasteiger partial charge on any atom is 0.303 e. The fourth-order valence-electron chi connectivity index (χ4n) is 5.53. The molecular formula is C23H34O5. The Bertz CT molecular complexity index is 620. The number of allylic oxidation sites excluding steroid dienone is 2. The first kappa shape index (κ1) is 20.1. The van der Waals surface area contributed by atoms with Gasteiger partial charge in [0.1, 0.15) is 12.2 Å². The molecular weight excluding hydrogens is 356 g/mol. The van der Waals surface area contributed by atoms with Crippen LogP contribution in [0.4, 0.5) is 0 Å². The Morgan fingerprint density at radius 2 is 1.82 bits per heavy atom. The molecule has 3 saturated heterocycles. The lowest BCUT2D eigenvalue weighted by atomic mass is 9.71. The second-order valence-electron chi connectivity index (χ2n) is 9.41. The molecule has 2 bridgehead atoms. The number of aliphatic hydroxyl groups excluding tert-OH is 1. The lowest BCUT2D eigenvalue weighted by molar-refractivity contribution is -0.137. The highest BCUT2D eigenvalue weighted by Gasteiger charge is 2.68. The van der Waals surface area contributed by atoms with E-state index in [4.69, 9.17) is 14.6 Å². The molecule has 7 atom stereocenters. The zero-order valence-electron chi connectivity index (χ0n) is 16.8. The normalized spacial score (nSPS) is 39.5. The second kappa shape index (κ2) is 8.29. The number of hydrogen-bond donors (Lipinski definition) is 2.